The van der Waals surface area contributed by atoms with Crippen LogP contribution < -0.4 is 16.4 Å². The molecule has 1 saturated carbocycles. The van der Waals surface area contributed by atoms with Crippen molar-refractivity contribution >= 4 is 33.8 Å². The fraction of sp³-hybridized carbons (Fsp3) is 0.250. The Hall–Kier alpha value is -4.74. The van der Waals surface area contributed by atoms with Gasteiger partial charge in [0.25, 0.3) is 0 Å². The molecular formula is C36H23BF15NO. The number of nitrogens with zero attached hydrogens (tertiary/aromatic N) is 1. The summed E-state index contributed by atoms with van der Waals surface area (Å²) in [6, 6.07) is 6.46. The predicted octanol–water partition coefficient (Wildman–Crippen LogP) is 7.54. The molecule has 2 aliphatic rings. The van der Waals surface area contributed by atoms with Crippen LogP contribution in [0.5, 0.6) is 0 Å². The highest BCUT2D eigenvalue weighted by molar-refractivity contribution is 7.15. The van der Waals surface area contributed by atoms with Crippen LogP contribution in [0.25, 0.3) is 5.57 Å². The highest BCUT2D eigenvalue weighted by atomic mass is 19.2. The number of halogens is 15. The molecule has 6 rings (SSSR count). The number of benzene rings is 4. The number of hydrogen-bond acceptors (Lipinski definition) is 1. The molecule has 2 fully saturated rings. The molecule has 1 atom stereocenters. The summed E-state index contributed by atoms with van der Waals surface area (Å²) in [5, 5.41) is 0. The third-order valence-electron chi connectivity index (χ3n) is 10.0. The Kier molecular flexibility index (Phi) is 10.7. The quantitative estimate of drug-likeness (QED) is 0.0648. The van der Waals surface area contributed by atoms with Crippen molar-refractivity contribution in [2.24, 2.45) is 5.92 Å². The molecule has 0 aromatic heterocycles. The van der Waals surface area contributed by atoms with Gasteiger partial charge in [-0.3, -0.25) is 0 Å². The van der Waals surface area contributed by atoms with Gasteiger partial charge in [0.1, 0.15) is 54.3 Å². The second-order valence-corrected chi connectivity index (χ2v) is 12.8. The maximum Gasteiger partial charge on any atom is 0.200 e. The van der Waals surface area contributed by atoms with Gasteiger partial charge in [0.05, 0.1) is 5.92 Å². The fourth-order valence-electron chi connectivity index (χ4n) is 7.62. The molecule has 1 saturated heterocycles. The van der Waals surface area contributed by atoms with Crippen LogP contribution in [-0.2, 0) is 4.74 Å². The van der Waals surface area contributed by atoms with Crippen molar-refractivity contribution < 1.29 is 75.2 Å². The number of allylic oxidation sites excluding steroid dienone is 1. The second-order valence-electron chi connectivity index (χ2n) is 12.8. The van der Waals surface area contributed by atoms with E-state index in [4.69, 9.17) is 4.74 Å². The molecule has 18 heteroatoms. The predicted molar refractivity (Wildman–Crippen MR) is 166 cm³/mol. The van der Waals surface area contributed by atoms with E-state index in [9.17, 15) is 13.2 Å². The lowest BCUT2D eigenvalue weighted by Crippen LogP contribution is -2.72. The van der Waals surface area contributed by atoms with E-state index >= 15 is 52.7 Å². The van der Waals surface area contributed by atoms with Crippen LogP contribution in [0.3, 0.4) is 0 Å². The first-order chi connectivity index (χ1) is 25.6. The maximum atomic E-state index is 16.2. The van der Waals surface area contributed by atoms with Crippen molar-refractivity contribution in [2.45, 2.75) is 25.7 Å². The van der Waals surface area contributed by atoms with E-state index in [0.717, 1.165) is 0 Å². The molecule has 2 nitrogen and oxygen atoms in total. The molecule has 54 heavy (non-hydrogen) atoms. The van der Waals surface area contributed by atoms with E-state index in [2.05, 4.69) is 0 Å². The van der Waals surface area contributed by atoms with Crippen molar-refractivity contribution in [3.05, 3.63) is 129 Å². The van der Waals surface area contributed by atoms with Crippen molar-refractivity contribution in [1.82, 2.24) is 0 Å². The van der Waals surface area contributed by atoms with Gasteiger partial charge < -0.3 is 4.74 Å². The second kappa shape index (κ2) is 14.8. The first kappa shape index (κ1) is 39.0. The Morgan fingerprint density at radius 2 is 0.889 bits per heavy atom. The summed E-state index contributed by atoms with van der Waals surface area (Å²) in [6.07, 6.45) is -4.90. The summed E-state index contributed by atoms with van der Waals surface area (Å²) in [7, 11) is 0. The van der Waals surface area contributed by atoms with Crippen LogP contribution in [0.15, 0.2) is 36.3 Å². The van der Waals surface area contributed by atoms with Gasteiger partial charge in [0, 0.05) is 6.42 Å². The minimum Gasteiger partial charge on any atom is -0.368 e. The average molecular weight is 781 g/mol. The molecule has 1 aliphatic heterocycles. The zero-order chi connectivity index (χ0) is 39.4. The summed E-state index contributed by atoms with van der Waals surface area (Å²) < 4.78 is 239. The Morgan fingerprint density at radius 3 is 1.28 bits per heavy atom. The highest BCUT2D eigenvalue weighted by Gasteiger charge is 2.48. The van der Waals surface area contributed by atoms with Crippen molar-refractivity contribution in [1.29, 1.82) is 0 Å². The number of morpholine rings is 1. The van der Waals surface area contributed by atoms with E-state index in [-0.39, 0.29) is 50.7 Å². The van der Waals surface area contributed by atoms with Gasteiger partial charge in [-0.05, 0) is 18.4 Å². The van der Waals surface area contributed by atoms with Gasteiger partial charge in [0.2, 0.25) is 0 Å². The van der Waals surface area contributed by atoms with Crippen LogP contribution >= 0.6 is 0 Å². The van der Waals surface area contributed by atoms with E-state index in [1.807, 2.05) is 0 Å². The van der Waals surface area contributed by atoms with Crippen LogP contribution in [0.2, 0.25) is 0 Å². The molecule has 1 heterocycles. The van der Waals surface area contributed by atoms with Gasteiger partial charge in [-0.2, -0.15) is 0 Å². The van der Waals surface area contributed by atoms with E-state index in [1.54, 1.807) is 4.58 Å². The summed E-state index contributed by atoms with van der Waals surface area (Å²) in [5.74, 6) is -46.4. The molecule has 0 bridgehead atoms. The first-order valence-corrected chi connectivity index (χ1v) is 16.3. The normalized spacial score (nSPS) is 17.1. The van der Waals surface area contributed by atoms with Gasteiger partial charge in [-0.25, -0.2) is 76.4 Å². The highest BCUT2D eigenvalue weighted by Crippen LogP contribution is 2.38. The first-order valence-electron chi connectivity index (χ1n) is 16.3. The molecule has 0 radical (unpaired) electrons. The Morgan fingerprint density at radius 1 is 0.519 bits per heavy atom. The van der Waals surface area contributed by atoms with E-state index in [0.29, 0.717) is 18.6 Å². The molecule has 4 aromatic rings. The zero-order valence-electron chi connectivity index (χ0n) is 27.3. The van der Waals surface area contributed by atoms with Gasteiger partial charge in [-0.1, -0.05) is 42.3 Å². The monoisotopic (exact) mass is 781 g/mol. The van der Waals surface area contributed by atoms with Crippen LogP contribution in [-0.4, -0.2) is 42.7 Å². The number of hydrogen-bond donors (Lipinski definition) is 0. The standard InChI is InChI=1S/C36H23BF15NO/c38-22-19(23(39)29(45)34(50)28(22)44)37(20-24(40)30(46)35(51)31(47)25(20)41,21-26(42)32(48)36(52)33(49)27(21)43)14-17(15-6-2-1-3-7-15)16-8-4-5-9-18(16)53-10-12-54-13-11-53/h1-3,6-7,14,16H,4-5,8-13H2/b17-14-. The SMILES string of the molecule is Fc1c(F)c(F)c([B-](/C=C(/c2ccccc2)C2CCCCC2=[N+]2CCOCC2)(c2c(F)c(F)c(F)c(F)c2F)c2c(F)c(F)c(F)c(F)c2F)c(F)c1F. The zero-order valence-corrected chi connectivity index (χ0v) is 27.3. The van der Waals surface area contributed by atoms with Gasteiger partial charge in [0.15, 0.2) is 71.2 Å². The molecule has 0 N–H and O–H groups in total. The average Bonchev–Trinajstić information content (AvgIpc) is 3.19. The van der Waals surface area contributed by atoms with Crippen molar-refractivity contribution in [3.63, 3.8) is 0 Å². The minimum absolute atomic E-state index is 0.00904. The third-order valence-corrected chi connectivity index (χ3v) is 10.0. The van der Waals surface area contributed by atoms with Crippen LogP contribution in [0, 0.1) is 93.2 Å². The van der Waals surface area contributed by atoms with Gasteiger partial charge in [-0.15, -0.1) is 16.4 Å². The topological polar surface area (TPSA) is 12.2 Å². The molecule has 1 unspecified atom stereocenters. The molecule has 4 aromatic carbocycles. The van der Waals surface area contributed by atoms with Crippen LogP contribution in [0.1, 0.15) is 31.2 Å². The molecule has 0 amide bonds. The van der Waals surface area contributed by atoms with E-state index < -0.39 is 121 Å². The van der Waals surface area contributed by atoms with Crippen molar-refractivity contribution in [3.8, 4) is 0 Å². The third kappa shape index (κ3) is 6.05. The molecule has 1 aliphatic carbocycles. The Bertz CT molecular complexity index is 1980. The van der Waals surface area contributed by atoms with Crippen molar-refractivity contribution in [2.75, 3.05) is 26.3 Å². The molecule has 286 valence electrons. The van der Waals surface area contributed by atoms with E-state index in [1.165, 1.54) is 30.3 Å². The minimum atomic E-state index is -5.88. The summed E-state index contributed by atoms with van der Waals surface area (Å²) in [5.41, 5.74) is -8.19. The lowest BCUT2D eigenvalue weighted by atomic mass is 9.14. The Labute approximate surface area is 296 Å². The van der Waals surface area contributed by atoms with Crippen LogP contribution in [0.4, 0.5) is 65.9 Å². The smallest absolute Gasteiger partial charge is 0.200 e. The maximum absolute atomic E-state index is 16.2. The fourth-order valence-corrected chi connectivity index (χ4v) is 7.62. The largest absolute Gasteiger partial charge is 0.368 e. The molecule has 0 spiro atoms. The number of ether oxygens (including phenoxy) is 1. The number of rotatable bonds is 6. The molecular weight excluding hydrogens is 758 g/mol. The summed E-state index contributed by atoms with van der Waals surface area (Å²) >= 11 is 0. The summed E-state index contributed by atoms with van der Waals surface area (Å²) in [4.78, 5) is 0. The lowest BCUT2D eigenvalue weighted by molar-refractivity contribution is -0.552. The summed E-state index contributed by atoms with van der Waals surface area (Å²) in [6.45, 7) is 0.733. The Balaban J connectivity index is 1.98. The van der Waals surface area contributed by atoms with Gasteiger partial charge >= 0.3 is 0 Å². The lowest BCUT2D eigenvalue weighted by Gasteiger charge is -2.43.